The zero-order valence-corrected chi connectivity index (χ0v) is 28.8. The SMILES string of the molecule is CC1(C)C2=C(CCC=C2)c2cc(-c3cc(-c4ccc(-c5cccnc5)cc4)cc(-c4nc(-c5ccccc5)cc(-c5ccccc5)n4)c3)ccc21. The molecule has 2 heterocycles. The summed E-state index contributed by atoms with van der Waals surface area (Å²) in [6.07, 6.45) is 10.6. The van der Waals surface area contributed by atoms with Gasteiger partial charge in [-0.25, -0.2) is 9.97 Å². The second-order valence-electron chi connectivity index (χ2n) is 14.0. The number of allylic oxidation sites excluding steroid dienone is 4. The van der Waals surface area contributed by atoms with Gasteiger partial charge >= 0.3 is 0 Å². The fourth-order valence-electron chi connectivity index (χ4n) is 7.76. The summed E-state index contributed by atoms with van der Waals surface area (Å²) in [5.41, 5.74) is 17.5. The summed E-state index contributed by atoms with van der Waals surface area (Å²) in [5.74, 6) is 0.704. The van der Waals surface area contributed by atoms with Gasteiger partial charge in [0.15, 0.2) is 5.82 Å². The minimum Gasteiger partial charge on any atom is -0.264 e. The lowest BCUT2D eigenvalue weighted by molar-refractivity contribution is 0.651. The van der Waals surface area contributed by atoms with Crippen LogP contribution in [0.15, 0.2) is 170 Å². The van der Waals surface area contributed by atoms with Crippen LogP contribution in [0, 0.1) is 0 Å². The second-order valence-corrected chi connectivity index (χ2v) is 14.0. The summed E-state index contributed by atoms with van der Waals surface area (Å²) in [4.78, 5) is 14.8. The molecule has 0 atom stereocenters. The molecule has 0 aliphatic heterocycles. The van der Waals surface area contributed by atoms with Gasteiger partial charge in [-0.05, 0) is 105 Å². The zero-order valence-electron chi connectivity index (χ0n) is 28.8. The monoisotopic (exact) mass is 655 g/mol. The molecule has 2 aromatic heterocycles. The predicted octanol–water partition coefficient (Wildman–Crippen LogP) is 12.3. The van der Waals surface area contributed by atoms with Gasteiger partial charge in [0.1, 0.15) is 0 Å². The molecule has 9 rings (SSSR count). The van der Waals surface area contributed by atoms with E-state index >= 15 is 0 Å². The Bertz CT molecular complexity index is 2400. The van der Waals surface area contributed by atoms with Gasteiger partial charge in [0.2, 0.25) is 0 Å². The molecule has 2 aliphatic carbocycles. The van der Waals surface area contributed by atoms with Crippen LogP contribution in [0.3, 0.4) is 0 Å². The normalized spacial score (nSPS) is 14.3. The zero-order chi connectivity index (χ0) is 34.4. The predicted molar refractivity (Wildman–Crippen MR) is 211 cm³/mol. The van der Waals surface area contributed by atoms with Gasteiger partial charge in [0, 0.05) is 34.5 Å². The van der Waals surface area contributed by atoms with E-state index in [1.165, 1.54) is 27.8 Å². The third kappa shape index (κ3) is 5.71. The molecule has 0 amide bonds. The first-order valence-electron chi connectivity index (χ1n) is 17.7. The molecule has 244 valence electrons. The van der Waals surface area contributed by atoms with Crippen molar-refractivity contribution in [2.24, 2.45) is 0 Å². The van der Waals surface area contributed by atoms with Gasteiger partial charge in [-0.1, -0.05) is 129 Å². The molecule has 51 heavy (non-hydrogen) atoms. The van der Waals surface area contributed by atoms with Crippen LogP contribution in [-0.2, 0) is 5.41 Å². The summed E-state index contributed by atoms with van der Waals surface area (Å²) in [5, 5.41) is 0. The quantitative estimate of drug-likeness (QED) is 0.179. The Kier molecular flexibility index (Phi) is 7.62. The third-order valence-corrected chi connectivity index (χ3v) is 10.5. The first-order valence-corrected chi connectivity index (χ1v) is 17.7. The van der Waals surface area contributed by atoms with E-state index < -0.39 is 0 Å². The number of fused-ring (bicyclic) bond motifs is 2. The number of aromatic nitrogens is 3. The summed E-state index contributed by atoms with van der Waals surface area (Å²) in [6, 6.07) is 49.6. The van der Waals surface area contributed by atoms with E-state index in [1.807, 2.05) is 30.6 Å². The first-order chi connectivity index (χ1) is 25.0. The lowest BCUT2D eigenvalue weighted by atomic mass is 9.80. The molecular weight excluding hydrogens is 619 g/mol. The summed E-state index contributed by atoms with van der Waals surface area (Å²) < 4.78 is 0. The van der Waals surface area contributed by atoms with Crippen LogP contribution in [0.25, 0.3) is 72.9 Å². The molecule has 3 heteroatoms. The van der Waals surface area contributed by atoms with Gasteiger partial charge < -0.3 is 0 Å². The van der Waals surface area contributed by atoms with E-state index in [1.54, 1.807) is 0 Å². The highest BCUT2D eigenvalue weighted by Crippen LogP contribution is 2.51. The van der Waals surface area contributed by atoms with Crippen molar-refractivity contribution < 1.29 is 0 Å². The first kappa shape index (κ1) is 30.8. The van der Waals surface area contributed by atoms with Gasteiger partial charge in [-0.15, -0.1) is 0 Å². The van der Waals surface area contributed by atoms with Gasteiger partial charge in [0.25, 0.3) is 0 Å². The number of nitrogens with zero attached hydrogens (tertiary/aromatic N) is 3. The van der Waals surface area contributed by atoms with Crippen LogP contribution in [0.4, 0.5) is 0 Å². The minimum atomic E-state index is 0.00268. The Balaban J connectivity index is 1.23. The van der Waals surface area contributed by atoms with Crippen molar-refractivity contribution in [2.45, 2.75) is 32.1 Å². The van der Waals surface area contributed by atoms with Crippen LogP contribution in [0.5, 0.6) is 0 Å². The van der Waals surface area contributed by atoms with Crippen molar-refractivity contribution in [3.05, 3.63) is 181 Å². The molecule has 0 fully saturated rings. The van der Waals surface area contributed by atoms with Crippen molar-refractivity contribution in [1.82, 2.24) is 15.0 Å². The smallest absolute Gasteiger partial charge is 0.160 e. The Morgan fingerprint density at radius 3 is 1.75 bits per heavy atom. The number of pyridine rings is 1. The molecule has 0 saturated heterocycles. The number of hydrogen-bond acceptors (Lipinski definition) is 3. The average Bonchev–Trinajstić information content (AvgIpc) is 3.44. The Morgan fingerprint density at radius 2 is 1.10 bits per heavy atom. The maximum absolute atomic E-state index is 5.22. The van der Waals surface area contributed by atoms with Crippen molar-refractivity contribution in [3.8, 4) is 67.3 Å². The largest absolute Gasteiger partial charge is 0.264 e. The molecule has 0 bridgehead atoms. The van der Waals surface area contributed by atoms with Crippen LogP contribution in [-0.4, -0.2) is 15.0 Å². The average molecular weight is 656 g/mol. The van der Waals surface area contributed by atoms with E-state index in [2.05, 4.69) is 152 Å². The van der Waals surface area contributed by atoms with Crippen molar-refractivity contribution in [2.75, 3.05) is 0 Å². The molecule has 3 nitrogen and oxygen atoms in total. The number of rotatable bonds is 6. The number of benzene rings is 5. The van der Waals surface area contributed by atoms with Gasteiger partial charge in [-0.2, -0.15) is 0 Å². The Morgan fingerprint density at radius 1 is 0.510 bits per heavy atom. The maximum atomic E-state index is 5.22. The fraction of sp³-hybridized carbons (Fsp3) is 0.104. The topological polar surface area (TPSA) is 38.7 Å². The van der Waals surface area contributed by atoms with E-state index in [0.29, 0.717) is 5.82 Å². The minimum absolute atomic E-state index is 0.00268. The summed E-state index contributed by atoms with van der Waals surface area (Å²) in [6.45, 7) is 4.72. The van der Waals surface area contributed by atoms with Crippen LogP contribution in [0.2, 0.25) is 0 Å². The van der Waals surface area contributed by atoms with E-state index in [-0.39, 0.29) is 5.41 Å². The molecule has 5 aromatic carbocycles. The summed E-state index contributed by atoms with van der Waals surface area (Å²) >= 11 is 0. The van der Waals surface area contributed by atoms with Gasteiger partial charge in [0.05, 0.1) is 11.4 Å². The molecule has 2 aliphatic rings. The van der Waals surface area contributed by atoms with E-state index in [4.69, 9.17) is 9.97 Å². The highest BCUT2D eigenvalue weighted by Gasteiger charge is 2.37. The summed E-state index contributed by atoms with van der Waals surface area (Å²) in [7, 11) is 0. The van der Waals surface area contributed by atoms with Crippen molar-refractivity contribution in [3.63, 3.8) is 0 Å². The van der Waals surface area contributed by atoms with Crippen LogP contribution in [0.1, 0.15) is 37.8 Å². The van der Waals surface area contributed by atoms with Crippen molar-refractivity contribution in [1.29, 1.82) is 0 Å². The van der Waals surface area contributed by atoms with Crippen molar-refractivity contribution >= 4 is 5.57 Å². The van der Waals surface area contributed by atoms with E-state index in [0.717, 1.165) is 68.7 Å². The van der Waals surface area contributed by atoms with Crippen LogP contribution < -0.4 is 0 Å². The lowest BCUT2D eigenvalue weighted by Crippen LogP contribution is -2.16. The molecule has 7 aromatic rings. The molecule has 0 spiro atoms. The highest BCUT2D eigenvalue weighted by atomic mass is 14.9. The lowest BCUT2D eigenvalue weighted by Gasteiger charge is -2.24. The van der Waals surface area contributed by atoms with E-state index in [9.17, 15) is 0 Å². The molecular formula is C48H37N3. The number of hydrogen-bond donors (Lipinski definition) is 0. The second kappa shape index (κ2) is 12.6. The maximum Gasteiger partial charge on any atom is 0.160 e. The Hall–Kier alpha value is -6.19. The molecule has 0 radical (unpaired) electrons. The Labute approximate surface area is 299 Å². The third-order valence-electron chi connectivity index (χ3n) is 10.5. The molecule has 0 saturated carbocycles. The standard InChI is InChI=1S/C48H37N3/c1-48(2)43-18-10-9-17-41(43)42-29-36(23-24-44(42)48)39-26-38(33-21-19-32(20-22-33)37-16-11-25-49-31-37)27-40(28-39)47-50-45(34-12-5-3-6-13-34)30-46(51-47)35-14-7-4-8-15-35/h3-8,10-16,18-31H,9,17H2,1-2H3. The molecule has 0 unspecified atom stereocenters. The van der Waals surface area contributed by atoms with Gasteiger partial charge in [-0.3, -0.25) is 4.98 Å². The highest BCUT2D eigenvalue weighted by molar-refractivity contribution is 5.88. The molecule has 0 N–H and O–H groups in total. The van der Waals surface area contributed by atoms with Crippen LogP contribution >= 0.6 is 0 Å². The fourth-order valence-corrected chi connectivity index (χ4v) is 7.76.